The second kappa shape index (κ2) is 7.84. The predicted octanol–water partition coefficient (Wildman–Crippen LogP) is 1.16. The highest BCUT2D eigenvalue weighted by Crippen LogP contribution is 2.34. The molecule has 3 heterocycles. The Morgan fingerprint density at radius 1 is 1.21 bits per heavy atom. The van der Waals surface area contributed by atoms with Crippen molar-refractivity contribution in [2.24, 2.45) is 0 Å². The van der Waals surface area contributed by atoms with Gasteiger partial charge in [-0.25, -0.2) is 15.0 Å². The van der Waals surface area contributed by atoms with Crippen molar-refractivity contribution in [3.8, 4) is 0 Å². The van der Waals surface area contributed by atoms with Crippen LogP contribution in [0, 0.1) is 0 Å². The fourth-order valence-corrected chi connectivity index (χ4v) is 3.84. The smallest absolute Gasteiger partial charge is 0.302 e. The Morgan fingerprint density at radius 2 is 2.00 bits per heavy atom. The van der Waals surface area contributed by atoms with Gasteiger partial charge < -0.3 is 19.7 Å². The van der Waals surface area contributed by atoms with Gasteiger partial charge in [0.1, 0.15) is 41.8 Å². The Balaban J connectivity index is 1.61. The number of esters is 1. The SMILES string of the molecule is CC(=O)OC[C@H]1O[C@@H](n2cnc3c(Sc4ccccc4)ncnc32)[C@H](O)[C@@H]1O. The van der Waals surface area contributed by atoms with E-state index in [2.05, 4.69) is 15.0 Å². The van der Waals surface area contributed by atoms with Crippen molar-refractivity contribution in [2.75, 3.05) is 6.61 Å². The first-order valence-corrected chi connectivity index (χ1v) is 9.41. The number of nitrogens with zero attached hydrogens (tertiary/aromatic N) is 4. The van der Waals surface area contributed by atoms with E-state index < -0.39 is 30.5 Å². The Labute approximate surface area is 164 Å². The molecule has 1 aromatic carbocycles. The van der Waals surface area contributed by atoms with E-state index in [0.29, 0.717) is 16.2 Å². The number of carbonyl (C=O) groups is 1. The zero-order chi connectivity index (χ0) is 19.7. The number of benzene rings is 1. The zero-order valence-corrected chi connectivity index (χ0v) is 15.7. The first-order chi connectivity index (χ1) is 13.5. The lowest BCUT2D eigenvalue weighted by Crippen LogP contribution is -2.34. The molecule has 0 radical (unpaired) electrons. The van der Waals surface area contributed by atoms with Crippen LogP contribution in [0.15, 0.2) is 52.9 Å². The van der Waals surface area contributed by atoms with Crippen LogP contribution in [0.25, 0.3) is 11.2 Å². The average molecular weight is 402 g/mol. The highest BCUT2D eigenvalue weighted by molar-refractivity contribution is 7.99. The Hall–Kier alpha value is -2.53. The molecule has 0 bridgehead atoms. The van der Waals surface area contributed by atoms with E-state index in [-0.39, 0.29) is 6.61 Å². The second-order valence-electron chi connectivity index (χ2n) is 6.27. The summed E-state index contributed by atoms with van der Waals surface area (Å²) in [4.78, 5) is 25.0. The van der Waals surface area contributed by atoms with E-state index in [9.17, 15) is 15.0 Å². The summed E-state index contributed by atoms with van der Waals surface area (Å²) in [6.45, 7) is 1.11. The summed E-state index contributed by atoms with van der Waals surface area (Å²) in [7, 11) is 0. The topological polar surface area (TPSA) is 120 Å². The van der Waals surface area contributed by atoms with E-state index in [1.807, 2.05) is 30.3 Å². The van der Waals surface area contributed by atoms with Gasteiger partial charge in [0.25, 0.3) is 0 Å². The molecule has 10 heteroatoms. The lowest BCUT2D eigenvalue weighted by Gasteiger charge is -2.16. The summed E-state index contributed by atoms with van der Waals surface area (Å²) in [6.07, 6.45) is -1.28. The van der Waals surface area contributed by atoms with Gasteiger partial charge >= 0.3 is 5.97 Å². The summed E-state index contributed by atoms with van der Waals surface area (Å²) in [5, 5.41) is 21.3. The van der Waals surface area contributed by atoms with Gasteiger partial charge in [-0.3, -0.25) is 9.36 Å². The standard InChI is InChI=1S/C18H18N4O5S/c1-10(23)26-7-12-14(24)15(25)18(27-12)22-9-21-13-16(22)19-8-20-17(13)28-11-5-3-2-4-6-11/h2-6,8-9,12,14-15,18,24-25H,7H2,1H3/t12-,14-,15-,18-/m1/s1. The molecule has 0 amide bonds. The van der Waals surface area contributed by atoms with Gasteiger partial charge in [0.15, 0.2) is 11.9 Å². The van der Waals surface area contributed by atoms with Crippen molar-refractivity contribution in [2.45, 2.75) is 41.4 Å². The van der Waals surface area contributed by atoms with Crippen molar-refractivity contribution in [1.29, 1.82) is 0 Å². The van der Waals surface area contributed by atoms with Crippen molar-refractivity contribution in [1.82, 2.24) is 19.5 Å². The zero-order valence-electron chi connectivity index (χ0n) is 14.9. The minimum atomic E-state index is -1.22. The molecule has 4 atom stereocenters. The van der Waals surface area contributed by atoms with E-state index in [4.69, 9.17) is 9.47 Å². The van der Waals surface area contributed by atoms with Crippen molar-refractivity contribution < 1.29 is 24.5 Å². The molecular weight excluding hydrogens is 384 g/mol. The number of aliphatic hydroxyl groups excluding tert-OH is 2. The molecule has 1 saturated heterocycles. The molecule has 1 aliphatic rings. The molecule has 2 aromatic heterocycles. The van der Waals surface area contributed by atoms with E-state index in [1.165, 1.54) is 31.3 Å². The maximum absolute atomic E-state index is 11.0. The molecule has 0 saturated carbocycles. The normalized spacial score (nSPS) is 24.5. The molecule has 146 valence electrons. The summed E-state index contributed by atoms with van der Waals surface area (Å²) < 4.78 is 12.2. The van der Waals surface area contributed by atoms with Crippen LogP contribution in [0.5, 0.6) is 0 Å². The molecule has 0 unspecified atom stereocenters. The first-order valence-electron chi connectivity index (χ1n) is 8.60. The van der Waals surface area contributed by atoms with E-state index >= 15 is 0 Å². The highest BCUT2D eigenvalue weighted by Gasteiger charge is 2.44. The first kappa shape index (κ1) is 18.8. The van der Waals surface area contributed by atoms with Crippen LogP contribution in [0.2, 0.25) is 0 Å². The van der Waals surface area contributed by atoms with Gasteiger partial charge in [0.05, 0.1) is 6.33 Å². The second-order valence-corrected chi connectivity index (χ2v) is 7.33. The third-order valence-electron chi connectivity index (χ3n) is 4.35. The number of aromatic nitrogens is 4. The molecule has 4 rings (SSSR count). The van der Waals surface area contributed by atoms with E-state index in [0.717, 1.165) is 4.90 Å². The average Bonchev–Trinajstić information content (AvgIpc) is 3.24. The molecular formula is C18H18N4O5S. The largest absolute Gasteiger partial charge is 0.463 e. The van der Waals surface area contributed by atoms with Crippen LogP contribution >= 0.6 is 11.8 Å². The van der Waals surface area contributed by atoms with Gasteiger partial charge in [-0.2, -0.15) is 0 Å². The quantitative estimate of drug-likeness (QED) is 0.478. The fourth-order valence-electron chi connectivity index (χ4n) is 2.99. The number of hydrogen-bond donors (Lipinski definition) is 2. The van der Waals surface area contributed by atoms with Gasteiger partial charge in [-0.15, -0.1) is 0 Å². The summed E-state index contributed by atoms with van der Waals surface area (Å²) in [5.41, 5.74) is 1.03. The third kappa shape index (κ3) is 3.59. The molecule has 28 heavy (non-hydrogen) atoms. The molecule has 0 aliphatic carbocycles. The van der Waals surface area contributed by atoms with Crippen LogP contribution in [0.1, 0.15) is 13.2 Å². The van der Waals surface area contributed by atoms with Crippen molar-refractivity contribution >= 4 is 28.9 Å². The van der Waals surface area contributed by atoms with Crippen molar-refractivity contribution in [3.63, 3.8) is 0 Å². The number of hydrogen-bond acceptors (Lipinski definition) is 9. The molecule has 1 aliphatic heterocycles. The Bertz CT molecular complexity index is 983. The molecule has 2 N–H and O–H groups in total. The molecule has 0 spiro atoms. The van der Waals surface area contributed by atoms with Crippen LogP contribution in [-0.2, 0) is 14.3 Å². The number of rotatable bonds is 5. The van der Waals surface area contributed by atoms with Gasteiger partial charge in [0.2, 0.25) is 0 Å². The maximum Gasteiger partial charge on any atom is 0.302 e. The van der Waals surface area contributed by atoms with Crippen molar-refractivity contribution in [3.05, 3.63) is 43.0 Å². The summed E-state index contributed by atoms with van der Waals surface area (Å²) in [6, 6.07) is 9.74. The number of aliphatic hydroxyl groups is 2. The number of imidazole rings is 1. The fraction of sp³-hybridized carbons (Fsp3) is 0.333. The molecule has 1 fully saturated rings. The maximum atomic E-state index is 11.0. The van der Waals surface area contributed by atoms with Crippen LogP contribution in [-0.4, -0.2) is 60.6 Å². The van der Waals surface area contributed by atoms with Crippen LogP contribution < -0.4 is 0 Å². The van der Waals surface area contributed by atoms with Gasteiger partial charge in [0, 0.05) is 11.8 Å². The monoisotopic (exact) mass is 402 g/mol. The number of carbonyl (C=O) groups excluding carboxylic acids is 1. The van der Waals surface area contributed by atoms with Gasteiger partial charge in [-0.05, 0) is 12.1 Å². The van der Waals surface area contributed by atoms with Gasteiger partial charge in [-0.1, -0.05) is 30.0 Å². The molecule has 9 nitrogen and oxygen atoms in total. The summed E-state index contributed by atoms with van der Waals surface area (Å²) in [5.74, 6) is -0.489. The van der Waals surface area contributed by atoms with Crippen LogP contribution in [0.3, 0.4) is 0 Å². The highest BCUT2D eigenvalue weighted by atomic mass is 32.2. The number of fused-ring (bicyclic) bond motifs is 1. The Kier molecular flexibility index (Phi) is 5.27. The van der Waals surface area contributed by atoms with E-state index in [1.54, 1.807) is 4.57 Å². The predicted molar refractivity (Wildman–Crippen MR) is 98.4 cm³/mol. The minimum Gasteiger partial charge on any atom is -0.463 e. The third-order valence-corrected chi connectivity index (χ3v) is 5.35. The summed E-state index contributed by atoms with van der Waals surface area (Å²) >= 11 is 1.45. The Morgan fingerprint density at radius 3 is 2.75 bits per heavy atom. The lowest BCUT2D eigenvalue weighted by atomic mass is 10.1. The number of ether oxygens (including phenoxy) is 2. The molecule has 3 aromatic rings. The minimum absolute atomic E-state index is 0.152. The lowest BCUT2D eigenvalue weighted by molar-refractivity contribution is -0.147. The van der Waals surface area contributed by atoms with Crippen LogP contribution in [0.4, 0.5) is 0 Å².